The number of amides is 2. The van der Waals surface area contributed by atoms with Crippen molar-refractivity contribution in [1.29, 1.82) is 0 Å². The normalized spacial score (nSPS) is 10.2. The van der Waals surface area contributed by atoms with Crippen molar-refractivity contribution in [3.63, 3.8) is 0 Å². The van der Waals surface area contributed by atoms with Crippen molar-refractivity contribution in [2.75, 3.05) is 13.2 Å². The number of benzene rings is 2. The lowest BCUT2D eigenvalue weighted by atomic mass is 10.2. The van der Waals surface area contributed by atoms with E-state index in [1.807, 2.05) is 0 Å². The van der Waals surface area contributed by atoms with Gasteiger partial charge in [-0.3, -0.25) is 14.4 Å². The maximum atomic E-state index is 13.5. The number of hydrogen-bond acceptors (Lipinski definition) is 4. The van der Waals surface area contributed by atoms with E-state index in [4.69, 9.17) is 16.3 Å². The van der Waals surface area contributed by atoms with Gasteiger partial charge < -0.3 is 15.4 Å². The Morgan fingerprint density at radius 1 is 1.04 bits per heavy atom. The van der Waals surface area contributed by atoms with Crippen molar-refractivity contribution in [1.82, 2.24) is 10.6 Å². The fourth-order valence-electron chi connectivity index (χ4n) is 2.16. The minimum atomic E-state index is -1.00. The summed E-state index contributed by atoms with van der Waals surface area (Å²) in [5.41, 5.74) is 0.457. The predicted octanol–water partition coefficient (Wildman–Crippen LogP) is 2.60. The molecule has 0 aliphatic rings. The summed E-state index contributed by atoms with van der Waals surface area (Å²) >= 11 is 5.84. The molecule has 2 aromatic carbocycles. The second-order valence-electron chi connectivity index (χ2n) is 5.70. The molecule has 28 heavy (non-hydrogen) atoms. The van der Waals surface area contributed by atoms with Crippen molar-refractivity contribution in [3.05, 3.63) is 70.2 Å². The highest BCUT2D eigenvalue weighted by Crippen LogP contribution is 2.10. The van der Waals surface area contributed by atoms with E-state index in [1.165, 1.54) is 0 Å². The number of halogens is 3. The van der Waals surface area contributed by atoms with Crippen LogP contribution in [0.4, 0.5) is 8.78 Å². The molecule has 0 fully saturated rings. The molecule has 6 nitrogen and oxygen atoms in total. The molecule has 0 aliphatic carbocycles. The van der Waals surface area contributed by atoms with E-state index in [1.54, 1.807) is 24.3 Å². The van der Waals surface area contributed by atoms with Gasteiger partial charge in [0.15, 0.2) is 6.61 Å². The van der Waals surface area contributed by atoms with Crippen LogP contribution in [0.5, 0.6) is 0 Å². The smallest absolute Gasteiger partial charge is 0.308 e. The molecule has 0 saturated heterocycles. The van der Waals surface area contributed by atoms with E-state index in [2.05, 4.69) is 10.6 Å². The second-order valence-corrected chi connectivity index (χ2v) is 6.13. The Morgan fingerprint density at radius 2 is 1.82 bits per heavy atom. The molecule has 2 aromatic rings. The van der Waals surface area contributed by atoms with Crippen LogP contribution in [0.2, 0.25) is 5.02 Å². The maximum Gasteiger partial charge on any atom is 0.308 e. The summed E-state index contributed by atoms with van der Waals surface area (Å²) in [5, 5.41) is 5.43. The van der Waals surface area contributed by atoms with Crippen LogP contribution in [-0.4, -0.2) is 30.9 Å². The van der Waals surface area contributed by atoms with E-state index >= 15 is 0 Å². The first kappa shape index (κ1) is 21.3. The van der Waals surface area contributed by atoms with Crippen molar-refractivity contribution in [2.24, 2.45) is 0 Å². The van der Waals surface area contributed by atoms with Gasteiger partial charge in [-0.05, 0) is 29.8 Å². The molecule has 2 rings (SSSR count). The molecule has 2 amide bonds. The van der Waals surface area contributed by atoms with Gasteiger partial charge in [-0.1, -0.05) is 23.7 Å². The van der Waals surface area contributed by atoms with E-state index < -0.39 is 36.0 Å². The Bertz CT molecular complexity index is 877. The minimum Gasteiger partial charge on any atom is -0.456 e. The highest BCUT2D eigenvalue weighted by Gasteiger charge is 2.13. The van der Waals surface area contributed by atoms with Crippen molar-refractivity contribution >= 4 is 29.4 Å². The Hall–Kier alpha value is -3.00. The summed E-state index contributed by atoms with van der Waals surface area (Å²) < 4.78 is 31.1. The summed E-state index contributed by atoms with van der Waals surface area (Å²) in [4.78, 5) is 35.0. The molecule has 0 spiro atoms. The third kappa shape index (κ3) is 6.96. The number of carbonyl (C=O) groups is 3. The quantitative estimate of drug-likeness (QED) is 0.655. The molecule has 0 saturated carbocycles. The molecule has 0 bridgehead atoms. The maximum absolute atomic E-state index is 13.5. The lowest BCUT2D eigenvalue weighted by Gasteiger charge is -2.08. The fourth-order valence-corrected chi connectivity index (χ4v) is 2.38. The standard InChI is InChI=1S/C19H17ClF2N2O4/c20-13-3-1-2-12(8-13)10-24-17(25)11-28-18(26)6-7-23-19(27)15-5-4-14(21)9-16(15)22/h1-5,8-9H,6-7,10-11H2,(H,23,27)(H,24,25). The lowest BCUT2D eigenvalue weighted by Crippen LogP contribution is -2.30. The van der Waals surface area contributed by atoms with Gasteiger partial charge in [0.05, 0.1) is 12.0 Å². The van der Waals surface area contributed by atoms with Crippen LogP contribution in [0, 0.1) is 11.6 Å². The van der Waals surface area contributed by atoms with Crippen LogP contribution in [0.15, 0.2) is 42.5 Å². The zero-order valence-electron chi connectivity index (χ0n) is 14.6. The molecule has 0 unspecified atom stereocenters. The monoisotopic (exact) mass is 410 g/mol. The topological polar surface area (TPSA) is 84.5 Å². The zero-order valence-corrected chi connectivity index (χ0v) is 15.4. The van der Waals surface area contributed by atoms with Gasteiger partial charge in [-0.15, -0.1) is 0 Å². The van der Waals surface area contributed by atoms with E-state index in [9.17, 15) is 23.2 Å². The Kier molecular flexibility index (Phi) is 7.88. The van der Waals surface area contributed by atoms with Gasteiger partial charge >= 0.3 is 5.97 Å². The molecule has 2 N–H and O–H groups in total. The predicted molar refractivity (Wildman–Crippen MR) is 97.6 cm³/mol. The van der Waals surface area contributed by atoms with E-state index in [-0.39, 0.29) is 25.1 Å². The summed E-state index contributed by atoms with van der Waals surface area (Å²) in [6.45, 7) is -0.366. The van der Waals surface area contributed by atoms with Crippen molar-refractivity contribution in [3.8, 4) is 0 Å². The molecule has 0 heterocycles. The number of carbonyl (C=O) groups excluding carboxylic acids is 3. The molecule has 0 radical (unpaired) electrons. The van der Waals surface area contributed by atoms with Gasteiger partial charge in [0, 0.05) is 24.2 Å². The second kappa shape index (κ2) is 10.4. The molecular weight excluding hydrogens is 394 g/mol. The summed E-state index contributed by atoms with van der Waals surface area (Å²) in [7, 11) is 0. The highest BCUT2D eigenvalue weighted by molar-refractivity contribution is 6.30. The first-order valence-electron chi connectivity index (χ1n) is 8.25. The van der Waals surface area contributed by atoms with Gasteiger partial charge in [-0.2, -0.15) is 0 Å². The average molecular weight is 411 g/mol. The number of ether oxygens (including phenoxy) is 1. The molecular formula is C19H17ClF2N2O4. The van der Waals surface area contributed by atoms with Crippen LogP contribution in [0.1, 0.15) is 22.3 Å². The summed E-state index contributed by atoms with van der Waals surface area (Å²) in [6.07, 6.45) is -0.212. The van der Waals surface area contributed by atoms with E-state index in [0.717, 1.165) is 17.7 Å². The number of hydrogen-bond donors (Lipinski definition) is 2. The van der Waals surface area contributed by atoms with Gasteiger partial charge in [0.25, 0.3) is 11.8 Å². The Labute approximate surface area is 164 Å². The van der Waals surface area contributed by atoms with Crippen molar-refractivity contribution in [2.45, 2.75) is 13.0 Å². The number of nitrogens with one attached hydrogen (secondary N) is 2. The van der Waals surface area contributed by atoms with Gasteiger partial charge in [0.2, 0.25) is 0 Å². The zero-order chi connectivity index (χ0) is 20.5. The third-order valence-electron chi connectivity index (χ3n) is 3.53. The van der Waals surface area contributed by atoms with Gasteiger partial charge in [0.1, 0.15) is 11.6 Å². The first-order valence-corrected chi connectivity index (χ1v) is 8.63. The summed E-state index contributed by atoms with van der Waals surface area (Å²) in [5.74, 6) is -3.80. The minimum absolute atomic E-state index is 0.126. The number of esters is 1. The third-order valence-corrected chi connectivity index (χ3v) is 3.77. The van der Waals surface area contributed by atoms with Crippen LogP contribution >= 0.6 is 11.6 Å². The summed E-state index contributed by atoms with van der Waals surface area (Å²) in [6, 6.07) is 9.47. The number of rotatable bonds is 8. The SMILES string of the molecule is O=C(COC(=O)CCNC(=O)c1ccc(F)cc1F)NCc1cccc(Cl)c1. The molecule has 0 aliphatic heterocycles. The van der Waals surface area contributed by atoms with Crippen LogP contribution in [-0.2, 0) is 20.9 Å². The van der Waals surface area contributed by atoms with Gasteiger partial charge in [-0.25, -0.2) is 8.78 Å². The van der Waals surface area contributed by atoms with Crippen molar-refractivity contribution < 1.29 is 27.9 Å². The van der Waals surface area contributed by atoms with Crippen LogP contribution in [0.25, 0.3) is 0 Å². The molecule has 0 atom stereocenters. The molecule has 0 aromatic heterocycles. The lowest BCUT2D eigenvalue weighted by molar-refractivity contribution is -0.148. The van der Waals surface area contributed by atoms with Crippen LogP contribution in [0.3, 0.4) is 0 Å². The first-order chi connectivity index (χ1) is 13.3. The Morgan fingerprint density at radius 3 is 2.54 bits per heavy atom. The molecule has 9 heteroatoms. The largest absolute Gasteiger partial charge is 0.456 e. The fraction of sp³-hybridized carbons (Fsp3) is 0.211. The van der Waals surface area contributed by atoms with Crippen LogP contribution < -0.4 is 10.6 Å². The average Bonchev–Trinajstić information content (AvgIpc) is 2.64. The highest BCUT2D eigenvalue weighted by atomic mass is 35.5. The van der Waals surface area contributed by atoms with E-state index in [0.29, 0.717) is 11.1 Å². The Balaban J connectivity index is 1.65. The molecule has 148 valence electrons.